The lowest BCUT2D eigenvalue weighted by atomic mass is 10.0. The summed E-state index contributed by atoms with van der Waals surface area (Å²) in [6, 6.07) is -0.634. The van der Waals surface area contributed by atoms with Gasteiger partial charge in [0.15, 0.2) is 0 Å². The third kappa shape index (κ3) is 26.8. The summed E-state index contributed by atoms with van der Waals surface area (Å²) in [5, 5.41) is 22.9. The van der Waals surface area contributed by atoms with E-state index in [0.717, 1.165) is 25.7 Å². The summed E-state index contributed by atoms with van der Waals surface area (Å²) in [7, 11) is 0. The van der Waals surface area contributed by atoms with Crippen molar-refractivity contribution in [1.82, 2.24) is 5.32 Å². The van der Waals surface area contributed by atoms with E-state index in [-0.39, 0.29) is 12.5 Å². The third-order valence-corrected chi connectivity index (χ3v) is 7.80. The fourth-order valence-corrected chi connectivity index (χ4v) is 5.08. The number of carbonyl (C=O) groups excluding carboxylic acids is 1. The van der Waals surface area contributed by atoms with Gasteiger partial charge in [-0.3, -0.25) is 4.79 Å². The molecule has 2 unspecified atom stereocenters. The molecule has 0 aliphatic carbocycles. The Morgan fingerprint density at radius 1 is 0.667 bits per heavy atom. The van der Waals surface area contributed by atoms with Gasteiger partial charge in [0, 0.05) is 6.42 Å². The molecule has 4 nitrogen and oxygen atoms in total. The molecule has 0 aromatic heterocycles. The first-order valence-electron chi connectivity index (χ1n) is 17.0. The largest absolute Gasteiger partial charge is 0.394 e. The fourth-order valence-electron chi connectivity index (χ4n) is 5.08. The molecule has 3 N–H and O–H groups in total. The lowest BCUT2D eigenvalue weighted by Crippen LogP contribution is -2.45. The van der Waals surface area contributed by atoms with Gasteiger partial charge in [-0.15, -0.1) is 0 Å². The summed E-state index contributed by atoms with van der Waals surface area (Å²) < 4.78 is 0. The molecular formula is C35H67NO3. The maximum absolute atomic E-state index is 12.3. The van der Waals surface area contributed by atoms with Gasteiger partial charge in [0.05, 0.1) is 18.8 Å². The zero-order chi connectivity index (χ0) is 28.8. The van der Waals surface area contributed by atoms with Crippen LogP contribution in [-0.4, -0.2) is 34.9 Å². The van der Waals surface area contributed by atoms with Crippen molar-refractivity contribution >= 4 is 5.91 Å². The lowest BCUT2D eigenvalue weighted by molar-refractivity contribution is -0.123. The summed E-state index contributed by atoms with van der Waals surface area (Å²) in [6.07, 6.45) is 34.6. The molecule has 0 aliphatic heterocycles. The highest BCUT2D eigenvalue weighted by atomic mass is 16.3. The monoisotopic (exact) mass is 550 g/mol. The second kappa shape index (κ2) is 29.8. The van der Waals surface area contributed by atoms with Crippen molar-refractivity contribution in [2.75, 3.05) is 6.61 Å². The van der Waals surface area contributed by atoms with Crippen LogP contribution in [0.25, 0.3) is 0 Å². The average Bonchev–Trinajstić information content (AvgIpc) is 2.93. The first kappa shape index (κ1) is 37.9. The molecule has 39 heavy (non-hydrogen) atoms. The number of hydrogen-bond donors (Lipinski definition) is 3. The van der Waals surface area contributed by atoms with E-state index >= 15 is 0 Å². The highest BCUT2D eigenvalue weighted by Gasteiger charge is 2.17. The van der Waals surface area contributed by atoms with Gasteiger partial charge >= 0.3 is 0 Å². The van der Waals surface area contributed by atoms with Crippen LogP contribution in [0.5, 0.6) is 0 Å². The summed E-state index contributed by atoms with van der Waals surface area (Å²) in [5.74, 6) is -0.0755. The van der Waals surface area contributed by atoms with Gasteiger partial charge in [0.25, 0.3) is 0 Å². The highest BCUT2D eigenvalue weighted by Crippen LogP contribution is 2.14. The summed E-state index contributed by atoms with van der Waals surface area (Å²) in [4.78, 5) is 12.3. The highest BCUT2D eigenvalue weighted by molar-refractivity contribution is 5.76. The second-order valence-electron chi connectivity index (χ2n) is 11.8. The summed E-state index contributed by atoms with van der Waals surface area (Å²) in [5.41, 5.74) is 1.45. The van der Waals surface area contributed by atoms with Crippen LogP contribution in [0, 0.1) is 0 Å². The fraction of sp³-hybridized carbons (Fsp3) is 0.857. The maximum atomic E-state index is 12.3. The molecule has 0 aliphatic rings. The molecule has 0 bridgehead atoms. The van der Waals surface area contributed by atoms with Gasteiger partial charge in [0.2, 0.25) is 5.91 Å². The van der Waals surface area contributed by atoms with Crippen molar-refractivity contribution in [3.8, 4) is 0 Å². The molecule has 4 heteroatoms. The average molecular weight is 550 g/mol. The minimum atomic E-state index is -0.858. The van der Waals surface area contributed by atoms with Crippen molar-refractivity contribution < 1.29 is 15.0 Å². The smallest absolute Gasteiger partial charge is 0.220 e. The number of aliphatic hydroxyl groups is 2. The lowest BCUT2D eigenvalue weighted by Gasteiger charge is -2.19. The SMILES string of the molecule is CCCCCCCCCCCCCCCC(=O)NC(CO)C(O)C=CCCC=C(C)CCCCCCCCC. The Kier molecular flexibility index (Phi) is 29.0. The van der Waals surface area contributed by atoms with Crippen LogP contribution in [0.1, 0.15) is 175 Å². The summed E-state index contributed by atoms with van der Waals surface area (Å²) in [6.45, 7) is 6.48. The van der Waals surface area contributed by atoms with Crippen molar-refractivity contribution in [2.45, 2.75) is 187 Å². The van der Waals surface area contributed by atoms with Gasteiger partial charge in [-0.05, 0) is 39.0 Å². The Balaban J connectivity index is 3.81. The molecule has 0 aromatic rings. The zero-order valence-electron chi connectivity index (χ0n) is 26.4. The number of unbranched alkanes of at least 4 members (excludes halogenated alkanes) is 19. The number of carbonyl (C=O) groups is 1. The molecule has 0 saturated heterocycles. The van der Waals surface area contributed by atoms with Crippen LogP contribution in [0.15, 0.2) is 23.8 Å². The normalized spacial score (nSPS) is 13.7. The van der Waals surface area contributed by atoms with E-state index < -0.39 is 12.1 Å². The van der Waals surface area contributed by atoms with Crippen molar-refractivity contribution in [3.05, 3.63) is 23.8 Å². The zero-order valence-corrected chi connectivity index (χ0v) is 26.4. The second-order valence-corrected chi connectivity index (χ2v) is 11.8. The van der Waals surface area contributed by atoms with E-state index in [9.17, 15) is 15.0 Å². The Labute approximate surface area is 243 Å². The summed E-state index contributed by atoms with van der Waals surface area (Å²) >= 11 is 0. The van der Waals surface area contributed by atoms with E-state index in [1.807, 2.05) is 6.08 Å². The molecule has 0 saturated carbocycles. The molecule has 0 spiro atoms. The molecule has 2 atom stereocenters. The van der Waals surface area contributed by atoms with Gasteiger partial charge in [0.1, 0.15) is 0 Å². The van der Waals surface area contributed by atoms with Gasteiger partial charge in [-0.2, -0.15) is 0 Å². The van der Waals surface area contributed by atoms with Crippen LogP contribution < -0.4 is 5.32 Å². The van der Waals surface area contributed by atoms with Crippen LogP contribution in [-0.2, 0) is 4.79 Å². The van der Waals surface area contributed by atoms with E-state index in [1.54, 1.807) is 6.08 Å². The van der Waals surface area contributed by atoms with E-state index in [1.165, 1.54) is 128 Å². The molecule has 0 fully saturated rings. The van der Waals surface area contributed by atoms with Crippen molar-refractivity contribution in [3.63, 3.8) is 0 Å². The first-order chi connectivity index (χ1) is 19.0. The van der Waals surface area contributed by atoms with Gasteiger partial charge < -0.3 is 15.5 Å². The van der Waals surface area contributed by atoms with E-state index in [4.69, 9.17) is 0 Å². The van der Waals surface area contributed by atoms with Crippen LogP contribution in [0.3, 0.4) is 0 Å². The molecular weight excluding hydrogens is 482 g/mol. The molecule has 230 valence electrons. The number of aliphatic hydroxyl groups excluding tert-OH is 2. The molecule has 0 rings (SSSR count). The number of allylic oxidation sites excluding steroid dienone is 3. The topological polar surface area (TPSA) is 69.6 Å². The quantitative estimate of drug-likeness (QED) is 0.0642. The minimum Gasteiger partial charge on any atom is -0.394 e. The van der Waals surface area contributed by atoms with Crippen LogP contribution >= 0.6 is 0 Å². The van der Waals surface area contributed by atoms with Crippen LogP contribution in [0.4, 0.5) is 0 Å². The molecule has 0 radical (unpaired) electrons. The number of amides is 1. The predicted molar refractivity (Wildman–Crippen MR) is 170 cm³/mol. The number of rotatable bonds is 29. The molecule has 1 amide bonds. The molecule has 0 aromatic carbocycles. The van der Waals surface area contributed by atoms with Crippen LogP contribution in [0.2, 0.25) is 0 Å². The standard InChI is InChI=1S/C35H67NO3/c1-4-6-8-10-12-13-14-15-16-17-19-21-26-30-35(39)36-33(31-37)34(38)29-25-22-24-28-32(3)27-23-20-18-11-9-7-5-2/h25,28-29,33-34,37-38H,4-24,26-27,30-31H2,1-3H3,(H,36,39). The Bertz CT molecular complexity index is 586. The number of hydrogen-bond acceptors (Lipinski definition) is 3. The Morgan fingerprint density at radius 3 is 1.56 bits per heavy atom. The van der Waals surface area contributed by atoms with E-state index in [0.29, 0.717) is 6.42 Å². The van der Waals surface area contributed by atoms with Gasteiger partial charge in [-0.25, -0.2) is 0 Å². The third-order valence-electron chi connectivity index (χ3n) is 7.80. The van der Waals surface area contributed by atoms with E-state index in [2.05, 4.69) is 32.2 Å². The number of nitrogens with one attached hydrogen (secondary N) is 1. The Morgan fingerprint density at radius 2 is 1.10 bits per heavy atom. The van der Waals surface area contributed by atoms with Gasteiger partial charge in [-0.1, -0.05) is 153 Å². The molecule has 0 heterocycles. The predicted octanol–water partition coefficient (Wildman–Crippen LogP) is 9.73. The minimum absolute atomic E-state index is 0.0755. The van der Waals surface area contributed by atoms with Crippen molar-refractivity contribution in [2.24, 2.45) is 0 Å². The maximum Gasteiger partial charge on any atom is 0.220 e. The Hall–Kier alpha value is -1.13. The van der Waals surface area contributed by atoms with Crippen molar-refractivity contribution in [1.29, 1.82) is 0 Å². The first-order valence-corrected chi connectivity index (χ1v) is 17.0.